The van der Waals surface area contributed by atoms with Crippen LogP contribution < -0.4 is 5.32 Å². The lowest BCUT2D eigenvalue weighted by Gasteiger charge is -2.11. The number of nitrogens with one attached hydrogen (secondary N) is 1. The summed E-state index contributed by atoms with van der Waals surface area (Å²) in [7, 11) is 0. The molecule has 1 aromatic heterocycles. The lowest BCUT2D eigenvalue weighted by Crippen LogP contribution is -2.08. The van der Waals surface area contributed by atoms with Crippen molar-refractivity contribution in [1.29, 1.82) is 5.26 Å². The van der Waals surface area contributed by atoms with Gasteiger partial charge in [0.05, 0.1) is 11.1 Å². The number of rotatable bonds is 5. The van der Waals surface area contributed by atoms with Gasteiger partial charge in [0.25, 0.3) is 0 Å². The van der Waals surface area contributed by atoms with Crippen LogP contribution >= 0.6 is 0 Å². The van der Waals surface area contributed by atoms with Crippen molar-refractivity contribution in [2.75, 3.05) is 11.9 Å². The second-order valence-electron chi connectivity index (χ2n) is 4.51. The maximum absolute atomic E-state index is 10.5. The van der Waals surface area contributed by atoms with Crippen LogP contribution in [0.15, 0.2) is 24.3 Å². The molecular formula is C15H15N3O2. The fourth-order valence-corrected chi connectivity index (χ4v) is 2.09. The van der Waals surface area contributed by atoms with Crippen LogP contribution in [0, 0.1) is 18.3 Å². The third kappa shape index (κ3) is 2.86. The van der Waals surface area contributed by atoms with E-state index >= 15 is 0 Å². The number of hydrogen-bond acceptors (Lipinski definition) is 4. The van der Waals surface area contributed by atoms with E-state index in [1.807, 2.05) is 31.2 Å². The van der Waals surface area contributed by atoms with E-state index in [-0.39, 0.29) is 6.42 Å². The molecule has 0 amide bonds. The van der Waals surface area contributed by atoms with Gasteiger partial charge in [0.1, 0.15) is 11.9 Å². The summed E-state index contributed by atoms with van der Waals surface area (Å²) in [4.78, 5) is 14.9. The number of para-hydroxylation sites is 1. The second-order valence-corrected chi connectivity index (χ2v) is 4.51. The standard InChI is InChI=1S/C15H15N3O2/c1-10-11-5-2-3-6-13(11)18-15(12(10)9-16)17-8-4-7-14(19)20/h2-3,5-6H,4,7-8H2,1H3,(H,17,18)(H,19,20). The molecule has 5 heteroatoms. The number of fused-ring (bicyclic) bond motifs is 1. The lowest BCUT2D eigenvalue weighted by atomic mass is 10.0. The highest BCUT2D eigenvalue weighted by atomic mass is 16.4. The molecule has 0 fully saturated rings. The van der Waals surface area contributed by atoms with Crippen molar-refractivity contribution in [2.24, 2.45) is 0 Å². The van der Waals surface area contributed by atoms with E-state index < -0.39 is 5.97 Å². The zero-order chi connectivity index (χ0) is 14.5. The molecule has 0 unspecified atom stereocenters. The number of nitrogens with zero attached hydrogens (tertiary/aromatic N) is 2. The first-order valence-corrected chi connectivity index (χ1v) is 6.38. The van der Waals surface area contributed by atoms with Gasteiger partial charge >= 0.3 is 5.97 Å². The fourth-order valence-electron chi connectivity index (χ4n) is 2.09. The molecule has 20 heavy (non-hydrogen) atoms. The van der Waals surface area contributed by atoms with Gasteiger partial charge in [-0.3, -0.25) is 4.79 Å². The number of benzene rings is 1. The highest BCUT2D eigenvalue weighted by molar-refractivity contribution is 5.86. The number of carbonyl (C=O) groups is 1. The number of carboxylic acids is 1. The number of pyridine rings is 1. The van der Waals surface area contributed by atoms with E-state index in [9.17, 15) is 10.1 Å². The Balaban J connectivity index is 2.28. The Morgan fingerprint density at radius 1 is 1.45 bits per heavy atom. The molecule has 102 valence electrons. The van der Waals surface area contributed by atoms with Crippen molar-refractivity contribution >= 4 is 22.7 Å². The number of anilines is 1. The highest BCUT2D eigenvalue weighted by Crippen LogP contribution is 2.25. The molecule has 0 radical (unpaired) electrons. The summed E-state index contributed by atoms with van der Waals surface area (Å²) < 4.78 is 0. The van der Waals surface area contributed by atoms with Crippen LogP contribution in [-0.2, 0) is 4.79 Å². The number of aryl methyl sites for hydroxylation is 1. The Labute approximate surface area is 116 Å². The predicted octanol–water partition coefficient (Wildman–Crippen LogP) is 2.69. The predicted molar refractivity (Wildman–Crippen MR) is 76.6 cm³/mol. The molecular weight excluding hydrogens is 254 g/mol. The van der Waals surface area contributed by atoms with Gasteiger partial charge < -0.3 is 10.4 Å². The SMILES string of the molecule is Cc1c(C#N)c(NCCCC(=O)O)nc2ccccc12. The minimum absolute atomic E-state index is 0.0987. The fraction of sp³-hybridized carbons (Fsp3) is 0.267. The van der Waals surface area contributed by atoms with Crippen LogP contribution in [0.3, 0.4) is 0 Å². The molecule has 0 aliphatic rings. The van der Waals surface area contributed by atoms with E-state index in [0.717, 1.165) is 16.5 Å². The second kappa shape index (κ2) is 6.02. The Kier molecular flexibility index (Phi) is 4.16. The molecule has 0 saturated carbocycles. The van der Waals surface area contributed by atoms with Crippen molar-refractivity contribution < 1.29 is 9.90 Å². The molecule has 0 atom stereocenters. The molecule has 2 rings (SSSR count). The molecule has 1 heterocycles. The first-order valence-electron chi connectivity index (χ1n) is 6.38. The third-order valence-electron chi connectivity index (χ3n) is 3.12. The number of nitriles is 1. The number of hydrogen-bond donors (Lipinski definition) is 2. The highest BCUT2D eigenvalue weighted by Gasteiger charge is 2.11. The maximum atomic E-state index is 10.5. The summed E-state index contributed by atoms with van der Waals surface area (Å²) in [5.74, 6) is -0.302. The molecule has 2 aromatic rings. The van der Waals surface area contributed by atoms with Gasteiger partial charge in [-0.15, -0.1) is 0 Å². The zero-order valence-electron chi connectivity index (χ0n) is 11.2. The van der Waals surface area contributed by atoms with E-state index in [1.54, 1.807) is 0 Å². The van der Waals surface area contributed by atoms with Crippen LogP contribution in [0.4, 0.5) is 5.82 Å². The molecule has 0 aliphatic heterocycles. The molecule has 1 aromatic carbocycles. The van der Waals surface area contributed by atoms with Crippen LogP contribution in [-0.4, -0.2) is 22.6 Å². The average Bonchev–Trinajstić information content (AvgIpc) is 2.44. The summed E-state index contributed by atoms with van der Waals surface area (Å²) in [5, 5.41) is 21.9. The topological polar surface area (TPSA) is 86.0 Å². The van der Waals surface area contributed by atoms with Crippen molar-refractivity contribution in [2.45, 2.75) is 19.8 Å². The molecule has 0 aliphatic carbocycles. The van der Waals surface area contributed by atoms with Gasteiger partial charge in [-0.2, -0.15) is 5.26 Å². The first-order chi connectivity index (χ1) is 9.63. The van der Waals surface area contributed by atoms with Crippen LogP contribution in [0.5, 0.6) is 0 Å². The Morgan fingerprint density at radius 3 is 2.90 bits per heavy atom. The molecule has 5 nitrogen and oxygen atoms in total. The minimum atomic E-state index is -0.824. The van der Waals surface area contributed by atoms with Gasteiger partial charge in [-0.1, -0.05) is 18.2 Å². The summed E-state index contributed by atoms with van der Waals surface area (Å²) in [6.45, 7) is 2.37. The Morgan fingerprint density at radius 2 is 2.20 bits per heavy atom. The van der Waals surface area contributed by atoms with Crippen molar-refractivity contribution in [3.05, 3.63) is 35.4 Å². The van der Waals surface area contributed by atoms with Gasteiger partial charge in [0, 0.05) is 18.4 Å². The normalized spacial score (nSPS) is 10.2. The molecule has 0 bridgehead atoms. The number of aromatic nitrogens is 1. The van der Waals surface area contributed by atoms with Gasteiger partial charge in [-0.05, 0) is 25.0 Å². The van der Waals surface area contributed by atoms with E-state index in [0.29, 0.717) is 24.3 Å². The van der Waals surface area contributed by atoms with E-state index in [4.69, 9.17) is 5.11 Å². The lowest BCUT2D eigenvalue weighted by molar-refractivity contribution is -0.137. The van der Waals surface area contributed by atoms with E-state index in [1.165, 1.54) is 0 Å². The van der Waals surface area contributed by atoms with Gasteiger partial charge in [0.15, 0.2) is 0 Å². The third-order valence-corrected chi connectivity index (χ3v) is 3.12. The van der Waals surface area contributed by atoms with Crippen molar-refractivity contribution in [1.82, 2.24) is 4.98 Å². The number of aliphatic carboxylic acids is 1. The molecule has 0 saturated heterocycles. The quantitative estimate of drug-likeness (QED) is 0.815. The monoisotopic (exact) mass is 269 g/mol. The maximum Gasteiger partial charge on any atom is 0.303 e. The van der Waals surface area contributed by atoms with Crippen LogP contribution in [0.1, 0.15) is 24.0 Å². The average molecular weight is 269 g/mol. The van der Waals surface area contributed by atoms with Gasteiger partial charge in [-0.25, -0.2) is 4.98 Å². The van der Waals surface area contributed by atoms with Crippen molar-refractivity contribution in [3.63, 3.8) is 0 Å². The summed E-state index contributed by atoms with van der Waals surface area (Å²) in [6, 6.07) is 9.81. The Bertz CT molecular complexity index is 689. The summed E-state index contributed by atoms with van der Waals surface area (Å²) in [6.07, 6.45) is 0.592. The molecule has 0 spiro atoms. The van der Waals surface area contributed by atoms with Crippen LogP contribution in [0.25, 0.3) is 10.9 Å². The summed E-state index contributed by atoms with van der Waals surface area (Å²) >= 11 is 0. The smallest absolute Gasteiger partial charge is 0.303 e. The largest absolute Gasteiger partial charge is 0.481 e. The zero-order valence-corrected chi connectivity index (χ0v) is 11.2. The Hall–Kier alpha value is -2.61. The molecule has 2 N–H and O–H groups in total. The van der Waals surface area contributed by atoms with Crippen molar-refractivity contribution in [3.8, 4) is 6.07 Å². The van der Waals surface area contributed by atoms with E-state index in [2.05, 4.69) is 16.4 Å². The van der Waals surface area contributed by atoms with Crippen LogP contribution in [0.2, 0.25) is 0 Å². The first kappa shape index (κ1) is 13.8. The van der Waals surface area contributed by atoms with Gasteiger partial charge in [0.2, 0.25) is 0 Å². The minimum Gasteiger partial charge on any atom is -0.481 e. The summed E-state index contributed by atoms with van der Waals surface area (Å²) in [5.41, 5.74) is 2.22. The number of carboxylic acid groups (broad SMARTS) is 1.